The minimum atomic E-state index is 0.0192. The first-order chi connectivity index (χ1) is 12.5. The number of ether oxygens (including phenoxy) is 1. The van der Waals surface area contributed by atoms with Crippen LogP contribution in [0, 0.1) is 6.92 Å². The first-order valence-corrected chi connectivity index (χ1v) is 12.3. The molecule has 3 aromatic heterocycles. The Kier molecular flexibility index (Phi) is 5.94. The van der Waals surface area contributed by atoms with Gasteiger partial charge in [0, 0.05) is 19.0 Å². The summed E-state index contributed by atoms with van der Waals surface area (Å²) >= 11 is 2.32. The van der Waals surface area contributed by atoms with E-state index in [2.05, 4.69) is 44.1 Å². The average molecular weight is 484 g/mol. The zero-order valence-corrected chi connectivity index (χ0v) is 18.4. The molecule has 7 nitrogen and oxygen atoms in total. The lowest BCUT2D eigenvalue weighted by atomic mass is 10.1. The van der Waals surface area contributed by atoms with Crippen molar-refractivity contribution in [1.82, 2.24) is 29.6 Å². The maximum Gasteiger partial charge on any atom is 0.221 e. The van der Waals surface area contributed by atoms with E-state index in [0.717, 1.165) is 40.1 Å². The number of nitrogens with one attached hydrogen (secondary N) is 1. The van der Waals surface area contributed by atoms with Crippen LogP contribution in [0.15, 0.2) is 18.8 Å². The highest BCUT2D eigenvalue weighted by molar-refractivity contribution is 14.2. The number of hydrogen-bond acceptors (Lipinski definition) is 5. The van der Waals surface area contributed by atoms with Gasteiger partial charge in [0.2, 0.25) is 5.88 Å². The summed E-state index contributed by atoms with van der Waals surface area (Å²) in [6.45, 7) is 8.68. The SMILES string of the molecule is C=Cc1nn(PI)c2c(C)nc(-c3cnn(C)c3OC(C)CNC)cc12. The molecule has 2 unspecified atom stereocenters. The van der Waals surface area contributed by atoms with Crippen molar-refractivity contribution in [2.45, 2.75) is 20.0 Å². The molecule has 0 aliphatic carbocycles. The van der Waals surface area contributed by atoms with E-state index in [1.54, 1.807) is 17.0 Å². The van der Waals surface area contributed by atoms with E-state index in [0.29, 0.717) is 12.3 Å². The third kappa shape index (κ3) is 3.50. The van der Waals surface area contributed by atoms with Gasteiger partial charge in [0.15, 0.2) is 0 Å². The molecule has 9 heteroatoms. The van der Waals surface area contributed by atoms with Crippen LogP contribution in [0.3, 0.4) is 0 Å². The number of hydrogen-bond donors (Lipinski definition) is 1. The van der Waals surface area contributed by atoms with Gasteiger partial charge in [0.05, 0.1) is 40.7 Å². The maximum absolute atomic E-state index is 6.10. The Balaban J connectivity index is 2.13. The van der Waals surface area contributed by atoms with Crippen LogP contribution in [-0.4, -0.2) is 44.0 Å². The minimum Gasteiger partial charge on any atom is -0.473 e. The molecule has 138 valence electrons. The Morgan fingerprint density at radius 3 is 2.92 bits per heavy atom. The van der Waals surface area contributed by atoms with E-state index in [4.69, 9.17) is 9.72 Å². The zero-order valence-electron chi connectivity index (χ0n) is 15.2. The molecule has 0 aliphatic heterocycles. The Morgan fingerprint density at radius 1 is 1.50 bits per heavy atom. The number of rotatable bonds is 7. The largest absolute Gasteiger partial charge is 0.473 e. The van der Waals surface area contributed by atoms with Crippen LogP contribution in [0.5, 0.6) is 5.88 Å². The molecule has 3 heterocycles. The molecule has 0 saturated carbocycles. The fourth-order valence-electron chi connectivity index (χ4n) is 2.95. The summed E-state index contributed by atoms with van der Waals surface area (Å²) < 4.78 is 9.83. The molecular weight excluding hydrogens is 462 g/mol. The molecule has 3 rings (SSSR count). The van der Waals surface area contributed by atoms with Gasteiger partial charge in [0.1, 0.15) is 6.10 Å². The van der Waals surface area contributed by atoms with E-state index in [1.165, 1.54) is 0 Å². The summed E-state index contributed by atoms with van der Waals surface area (Å²) in [7, 11) is 3.78. The highest BCUT2D eigenvalue weighted by atomic mass is 127. The molecule has 0 aromatic carbocycles. The van der Waals surface area contributed by atoms with Crippen LogP contribution in [0.1, 0.15) is 18.3 Å². The summed E-state index contributed by atoms with van der Waals surface area (Å²) in [5, 5.41) is 13.2. The second-order valence-electron chi connectivity index (χ2n) is 6.05. The fraction of sp³-hybridized carbons (Fsp3) is 0.353. The molecule has 0 amide bonds. The van der Waals surface area contributed by atoms with Gasteiger partial charge in [-0.15, -0.1) is 0 Å². The molecule has 0 radical (unpaired) electrons. The topological polar surface area (TPSA) is 69.8 Å². The molecule has 3 aromatic rings. The van der Waals surface area contributed by atoms with E-state index >= 15 is 0 Å². The quantitative estimate of drug-likeness (QED) is 0.411. The van der Waals surface area contributed by atoms with Gasteiger partial charge in [-0.2, -0.15) is 10.2 Å². The van der Waals surface area contributed by atoms with Crippen LogP contribution in [0.2, 0.25) is 0 Å². The van der Waals surface area contributed by atoms with Crippen LogP contribution in [0.25, 0.3) is 28.2 Å². The average Bonchev–Trinajstić information content (AvgIpc) is 3.16. The van der Waals surface area contributed by atoms with Gasteiger partial charge in [-0.1, -0.05) is 6.58 Å². The van der Waals surface area contributed by atoms with Gasteiger partial charge >= 0.3 is 0 Å². The van der Waals surface area contributed by atoms with Crippen molar-refractivity contribution >= 4 is 45.4 Å². The van der Waals surface area contributed by atoms with Crippen molar-refractivity contribution in [3.05, 3.63) is 30.2 Å². The Morgan fingerprint density at radius 2 is 2.27 bits per heavy atom. The number of halogens is 1. The van der Waals surface area contributed by atoms with Crippen molar-refractivity contribution in [2.75, 3.05) is 13.6 Å². The summed E-state index contributed by atoms with van der Waals surface area (Å²) in [4.78, 5) is 4.81. The number of pyridine rings is 1. The number of likely N-dealkylation sites (N-methyl/N-ethyl adjacent to an activating group) is 1. The van der Waals surface area contributed by atoms with Crippen molar-refractivity contribution in [3.8, 4) is 17.1 Å². The van der Waals surface area contributed by atoms with Crippen molar-refractivity contribution in [3.63, 3.8) is 0 Å². The van der Waals surface area contributed by atoms with Crippen molar-refractivity contribution in [2.24, 2.45) is 7.05 Å². The Labute approximate surface area is 167 Å². The first-order valence-electron chi connectivity index (χ1n) is 8.23. The van der Waals surface area contributed by atoms with Crippen LogP contribution in [-0.2, 0) is 7.05 Å². The van der Waals surface area contributed by atoms with E-state index in [-0.39, 0.29) is 6.10 Å². The Hall–Kier alpha value is -1.51. The maximum atomic E-state index is 6.10. The molecule has 0 aliphatic rings. The van der Waals surface area contributed by atoms with Crippen molar-refractivity contribution < 1.29 is 4.74 Å². The molecular formula is C17H22IN6OP. The van der Waals surface area contributed by atoms with E-state index in [1.807, 2.05) is 38.5 Å². The standard InChI is InChI=1S/C17H22IN6OP/c1-6-14-12-7-15(21-11(3)16(12)24(22-14)26-18)13-9-20-23(5)17(13)25-10(2)8-19-4/h6-7,9-10,19,26H,1,8H2,2-5H3. The molecule has 1 N–H and O–H groups in total. The predicted molar refractivity (Wildman–Crippen MR) is 116 cm³/mol. The summed E-state index contributed by atoms with van der Waals surface area (Å²) in [6, 6.07) is 2.05. The third-order valence-corrected chi connectivity index (χ3v) is 5.96. The van der Waals surface area contributed by atoms with Gasteiger partial charge in [0.25, 0.3) is 0 Å². The normalized spacial score (nSPS) is 13.0. The molecule has 0 saturated heterocycles. The molecule has 26 heavy (non-hydrogen) atoms. The lowest BCUT2D eigenvalue weighted by molar-refractivity contribution is 0.203. The highest BCUT2D eigenvalue weighted by Crippen LogP contribution is 2.36. The van der Waals surface area contributed by atoms with Gasteiger partial charge < -0.3 is 10.1 Å². The molecule has 2 atom stereocenters. The second-order valence-corrected chi connectivity index (χ2v) is 8.09. The van der Waals surface area contributed by atoms with Crippen LogP contribution >= 0.6 is 28.4 Å². The first kappa shape index (κ1) is 19.3. The predicted octanol–water partition coefficient (Wildman–Crippen LogP) is 3.56. The van der Waals surface area contributed by atoms with Gasteiger partial charge in [-0.05, 0) is 55.1 Å². The number of aromatic nitrogens is 5. The summed E-state index contributed by atoms with van der Waals surface area (Å²) in [5.74, 6) is 0.710. The molecule has 0 bridgehead atoms. The second kappa shape index (κ2) is 8.02. The monoisotopic (exact) mass is 484 g/mol. The van der Waals surface area contributed by atoms with Crippen LogP contribution < -0.4 is 10.1 Å². The highest BCUT2D eigenvalue weighted by Gasteiger charge is 2.19. The smallest absolute Gasteiger partial charge is 0.221 e. The third-order valence-electron chi connectivity index (χ3n) is 4.10. The van der Waals surface area contributed by atoms with Crippen LogP contribution in [0.4, 0.5) is 0 Å². The lowest BCUT2D eigenvalue weighted by Crippen LogP contribution is -2.27. The van der Waals surface area contributed by atoms with Gasteiger partial charge in [-0.3, -0.25) is 4.98 Å². The number of aryl methyl sites for hydroxylation is 2. The van der Waals surface area contributed by atoms with Crippen molar-refractivity contribution in [1.29, 1.82) is 0 Å². The van der Waals surface area contributed by atoms with E-state index in [9.17, 15) is 0 Å². The number of nitrogens with zero attached hydrogens (tertiary/aromatic N) is 5. The molecule has 0 spiro atoms. The molecule has 0 fully saturated rings. The van der Waals surface area contributed by atoms with E-state index < -0.39 is 0 Å². The van der Waals surface area contributed by atoms with Gasteiger partial charge in [-0.25, -0.2) is 9.13 Å². The fourth-order valence-corrected chi connectivity index (χ4v) is 4.51. The summed E-state index contributed by atoms with van der Waals surface area (Å²) in [6.07, 6.45) is 4.11. The Bertz CT molecular complexity index is 951. The number of fused-ring (bicyclic) bond motifs is 1. The minimum absolute atomic E-state index is 0.0192. The zero-order chi connectivity index (χ0) is 18.8. The lowest BCUT2D eigenvalue weighted by Gasteiger charge is -2.15. The summed E-state index contributed by atoms with van der Waals surface area (Å²) in [5.41, 5.74) is 4.55.